The molecule has 1 fully saturated rings. The van der Waals surface area contributed by atoms with E-state index in [4.69, 9.17) is 4.98 Å². The molecule has 0 saturated carbocycles. The van der Waals surface area contributed by atoms with Gasteiger partial charge in [-0.2, -0.15) is 0 Å². The zero-order valence-corrected chi connectivity index (χ0v) is 16.3. The minimum Gasteiger partial charge on any atom is -0.351 e. The van der Waals surface area contributed by atoms with Crippen molar-refractivity contribution < 1.29 is 4.79 Å². The van der Waals surface area contributed by atoms with Gasteiger partial charge in [-0.25, -0.2) is 4.98 Å². The van der Waals surface area contributed by atoms with E-state index in [9.17, 15) is 4.79 Å². The summed E-state index contributed by atoms with van der Waals surface area (Å²) >= 11 is 0. The molecule has 5 nitrogen and oxygen atoms in total. The molecular formula is C23H26N4O. The van der Waals surface area contributed by atoms with Crippen LogP contribution in [0.1, 0.15) is 35.2 Å². The fourth-order valence-electron chi connectivity index (χ4n) is 3.78. The van der Waals surface area contributed by atoms with Gasteiger partial charge in [0.1, 0.15) is 0 Å². The molecule has 4 rings (SSSR count). The number of nitrogens with zero attached hydrogens (tertiary/aromatic N) is 3. The van der Waals surface area contributed by atoms with Crippen molar-refractivity contribution in [3.63, 3.8) is 0 Å². The summed E-state index contributed by atoms with van der Waals surface area (Å²) in [5.74, 6) is -0.0489. The minimum atomic E-state index is -0.0489. The Morgan fingerprint density at radius 1 is 1.07 bits per heavy atom. The first-order valence-corrected chi connectivity index (χ1v) is 10.0. The number of aromatic nitrogens is 2. The maximum Gasteiger partial charge on any atom is 0.252 e. The summed E-state index contributed by atoms with van der Waals surface area (Å²) in [4.78, 5) is 24.6. The fraction of sp³-hybridized carbons (Fsp3) is 0.348. The molecule has 1 aliphatic heterocycles. The van der Waals surface area contributed by atoms with Gasteiger partial charge in [0.15, 0.2) is 0 Å². The second-order valence-electron chi connectivity index (χ2n) is 7.45. The maximum absolute atomic E-state index is 13.0. The average Bonchev–Trinajstić information content (AvgIpc) is 2.74. The van der Waals surface area contributed by atoms with E-state index in [1.54, 1.807) is 6.20 Å². The van der Waals surface area contributed by atoms with Gasteiger partial charge in [0.2, 0.25) is 0 Å². The lowest BCUT2D eigenvalue weighted by Gasteiger charge is -2.26. The van der Waals surface area contributed by atoms with Gasteiger partial charge in [-0.1, -0.05) is 24.1 Å². The van der Waals surface area contributed by atoms with Gasteiger partial charge in [0.05, 0.1) is 22.5 Å². The number of piperidine rings is 1. The lowest BCUT2D eigenvalue weighted by molar-refractivity contribution is 0.0948. The summed E-state index contributed by atoms with van der Waals surface area (Å²) < 4.78 is 0. The summed E-state index contributed by atoms with van der Waals surface area (Å²) in [5, 5.41) is 3.99. The van der Waals surface area contributed by atoms with E-state index < -0.39 is 0 Å². The molecule has 3 aromatic rings. The molecule has 0 spiro atoms. The summed E-state index contributed by atoms with van der Waals surface area (Å²) in [6, 6.07) is 13.6. The molecule has 1 saturated heterocycles. The highest BCUT2D eigenvalue weighted by atomic mass is 16.1. The number of pyridine rings is 2. The summed E-state index contributed by atoms with van der Waals surface area (Å²) in [6.45, 7) is 5.87. The number of amides is 1. The lowest BCUT2D eigenvalue weighted by Crippen LogP contribution is -2.37. The fourth-order valence-corrected chi connectivity index (χ4v) is 3.78. The Morgan fingerprint density at radius 2 is 1.93 bits per heavy atom. The van der Waals surface area contributed by atoms with Crippen LogP contribution in [-0.4, -0.2) is 47.0 Å². The Bertz CT molecular complexity index is 965. The van der Waals surface area contributed by atoms with Crippen molar-refractivity contribution in [2.75, 3.05) is 26.2 Å². The smallest absolute Gasteiger partial charge is 0.252 e. The van der Waals surface area contributed by atoms with E-state index in [1.807, 2.05) is 49.4 Å². The Kier molecular flexibility index (Phi) is 5.63. The zero-order valence-electron chi connectivity index (χ0n) is 16.3. The molecule has 0 bridgehead atoms. The van der Waals surface area contributed by atoms with E-state index in [2.05, 4.69) is 15.2 Å². The van der Waals surface area contributed by atoms with Crippen molar-refractivity contribution in [1.82, 2.24) is 20.2 Å². The Morgan fingerprint density at radius 3 is 2.71 bits per heavy atom. The third-order valence-corrected chi connectivity index (χ3v) is 5.30. The Balaban J connectivity index is 1.60. The number of benzene rings is 1. The van der Waals surface area contributed by atoms with Crippen molar-refractivity contribution in [3.05, 3.63) is 59.8 Å². The van der Waals surface area contributed by atoms with Crippen LogP contribution in [0.3, 0.4) is 0 Å². The number of nitrogens with one attached hydrogen (secondary N) is 1. The van der Waals surface area contributed by atoms with Crippen LogP contribution in [0.25, 0.3) is 22.3 Å². The number of fused-ring (bicyclic) bond motifs is 1. The number of hydrogen-bond donors (Lipinski definition) is 1. The van der Waals surface area contributed by atoms with Gasteiger partial charge in [-0.05, 0) is 63.2 Å². The molecule has 1 aliphatic rings. The highest BCUT2D eigenvalue weighted by Gasteiger charge is 2.15. The van der Waals surface area contributed by atoms with Crippen LogP contribution in [0, 0.1) is 6.92 Å². The van der Waals surface area contributed by atoms with Crippen molar-refractivity contribution in [2.45, 2.75) is 26.2 Å². The highest BCUT2D eigenvalue weighted by Crippen LogP contribution is 2.24. The Hall–Kier alpha value is -2.79. The summed E-state index contributed by atoms with van der Waals surface area (Å²) in [5.41, 5.74) is 4.08. The van der Waals surface area contributed by atoms with E-state index in [1.165, 1.54) is 19.3 Å². The Labute approximate surface area is 165 Å². The van der Waals surface area contributed by atoms with Gasteiger partial charge in [0.25, 0.3) is 5.91 Å². The first-order chi connectivity index (χ1) is 13.7. The van der Waals surface area contributed by atoms with E-state index in [0.717, 1.165) is 47.5 Å². The van der Waals surface area contributed by atoms with Crippen LogP contribution < -0.4 is 5.32 Å². The number of likely N-dealkylation sites (tertiary alicyclic amines) is 1. The first-order valence-electron chi connectivity index (χ1n) is 10.0. The molecule has 0 radical (unpaired) electrons. The molecule has 1 aromatic carbocycles. The van der Waals surface area contributed by atoms with Crippen molar-refractivity contribution in [1.29, 1.82) is 0 Å². The monoisotopic (exact) mass is 374 g/mol. The van der Waals surface area contributed by atoms with Crippen LogP contribution >= 0.6 is 0 Å². The van der Waals surface area contributed by atoms with Crippen LogP contribution in [0.2, 0.25) is 0 Å². The quantitative estimate of drug-likeness (QED) is 0.738. The van der Waals surface area contributed by atoms with Crippen LogP contribution in [0.15, 0.2) is 48.7 Å². The molecule has 1 N–H and O–H groups in total. The first kappa shape index (κ1) is 18.6. The van der Waals surface area contributed by atoms with Crippen LogP contribution in [0.4, 0.5) is 0 Å². The molecule has 0 atom stereocenters. The third kappa shape index (κ3) is 4.20. The maximum atomic E-state index is 13.0. The predicted octanol–water partition coefficient (Wildman–Crippen LogP) is 3.82. The van der Waals surface area contributed by atoms with E-state index in [-0.39, 0.29) is 5.91 Å². The average molecular weight is 374 g/mol. The highest BCUT2D eigenvalue weighted by molar-refractivity contribution is 6.07. The molecule has 1 amide bonds. The molecule has 3 heterocycles. The second kappa shape index (κ2) is 8.48. The van der Waals surface area contributed by atoms with E-state index in [0.29, 0.717) is 12.1 Å². The number of rotatable bonds is 5. The second-order valence-corrected chi connectivity index (χ2v) is 7.45. The van der Waals surface area contributed by atoms with E-state index >= 15 is 0 Å². The predicted molar refractivity (Wildman–Crippen MR) is 112 cm³/mol. The molecule has 5 heteroatoms. The molecular weight excluding hydrogens is 348 g/mol. The van der Waals surface area contributed by atoms with Gasteiger partial charge in [0, 0.05) is 24.7 Å². The number of hydrogen-bond acceptors (Lipinski definition) is 4. The normalized spacial score (nSPS) is 14.9. The van der Waals surface area contributed by atoms with Crippen molar-refractivity contribution >= 4 is 16.8 Å². The number of carbonyl (C=O) groups excluding carboxylic acids is 1. The number of aryl methyl sites for hydroxylation is 1. The molecule has 28 heavy (non-hydrogen) atoms. The third-order valence-electron chi connectivity index (χ3n) is 5.30. The van der Waals surface area contributed by atoms with Gasteiger partial charge >= 0.3 is 0 Å². The standard InChI is InChI=1S/C23H26N4O/c1-17-8-9-20-18(15-17)19(16-22(26-20)21-7-3-4-10-24-21)23(28)25-11-14-27-12-5-2-6-13-27/h3-4,7-10,15-16H,2,5-6,11-14H2,1H3,(H,25,28). The zero-order chi connectivity index (χ0) is 19.3. The molecule has 144 valence electrons. The van der Waals surface area contributed by atoms with Gasteiger partial charge in [-0.3, -0.25) is 9.78 Å². The largest absolute Gasteiger partial charge is 0.351 e. The topological polar surface area (TPSA) is 58.1 Å². The lowest BCUT2D eigenvalue weighted by atomic mass is 10.0. The van der Waals surface area contributed by atoms with Crippen LogP contribution in [0.5, 0.6) is 0 Å². The summed E-state index contributed by atoms with van der Waals surface area (Å²) in [7, 11) is 0. The number of carbonyl (C=O) groups is 1. The SMILES string of the molecule is Cc1ccc2nc(-c3ccccn3)cc(C(=O)NCCN3CCCCC3)c2c1. The van der Waals surface area contributed by atoms with Crippen LogP contribution in [-0.2, 0) is 0 Å². The van der Waals surface area contributed by atoms with Gasteiger partial charge < -0.3 is 10.2 Å². The summed E-state index contributed by atoms with van der Waals surface area (Å²) in [6.07, 6.45) is 5.58. The van der Waals surface area contributed by atoms with Crippen molar-refractivity contribution in [3.8, 4) is 11.4 Å². The van der Waals surface area contributed by atoms with Gasteiger partial charge in [-0.15, -0.1) is 0 Å². The molecule has 0 aliphatic carbocycles. The molecule has 0 unspecified atom stereocenters. The molecule has 2 aromatic heterocycles. The minimum absolute atomic E-state index is 0.0489. The van der Waals surface area contributed by atoms with Crippen molar-refractivity contribution in [2.24, 2.45) is 0 Å².